The third kappa shape index (κ3) is 2.84. The maximum Gasteiger partial charge on any atom is 0.387 e. The first kappa shape index (κ1) is 13.2. The lowest BCUT2D eigenvalue weighted by atomic mass is 10.1. The number of halogens is 4. The second-order valence-electron chi connectivity index (χ2n) is 2.89. The molecule has 1 atom stereocenters. The van der Waals surface area contributed by atoms with Gasteiger partial charge < -0.3 is 14.9 Å². The summed E-state index contributed by atoms with van der Waals surface area (Å²) in [4.78, 5) is 10.4. The summed E-state index contributed by atoms with van der Waals surface area (Å²) < 4.78 is 53.8. The standard InChI is InChI=1S/C9H6F4O4/c10-3-1-2-4(17-9(12)13)6(11)5(3)7(14)8(15)16/h1-2,7,9,14H,(H,15,16). The molecule has 2 N–H and O–H groups in total. The van der Waals surface area contributed by atoms with Gasteiger partial charge in [-0.05, 0) is 12.1 Å². The van der Waals surface area contributed by atoms with Gasteiger partial charge in [0.2, 0.25) is 0 Å². The van der Waals surface area contributed by atoms with Crippen LogP contribution in [0.2, 0.25) is 0 Å². The Bertz CT molecular complexity index is 435. The molecule has 0 bridgehead atoms. The second kappa shape index (κ2) is 5.00. The van der Waals surface area contributed by atoms with Crippen molar-refractivity contribution in [2.75, 3.05) is 0 Å². The Labute approximate surface area is 92.1 Å². The van der Waals surface area contributed by atoms with Gasteiger partial charge in [-0.3, -0.25) is 0 Å². The highest BCUT2D eigenvalue weighted by Crippen LogP contribution is 2.29. The van der Waals surface area contributed by atoms with Gasteiger partial charge in [0.15, 0.2) is 17.7 Å². The number of alkyl halides is 2. The monoisotopic (exact) mass is 254 g/mol. The molecule has 0 aliphatic rings. The number of aliphatic hydroxyl groups excluding tert-OH is 1. The highest BCUT2D eigenvalue weighted by atomic mass is 19.3. The lowest BCUT2D eigenvalue weighted by Crippen LogP contribution is -2.15. The summed E-state index contributed by atoms with van der Waals surface area (Å²) >= 11 is 0. The molecule has 1 rings (SSSR count). The van der Waals surface area contributed by atoms with Crippen molar-refractivity contribution in [2.24, 2.45) is 0 Å². The van der Waals surface area contributed by atoms with Crippen LogP contribution in [0.4, 0.5) is 17.6 Å². The van der Waals surface area contributed by atoms with E-state index in [9.17, 15) is 22.4 Å². The number of carboxylic acids is 1. The Morgan fingerprint density at radius 2 is 1.88 bits per heavy atom. The third-order valence-electron chi connectivity index (χ3n) is 1.81. The lowest BCUT2D eigenvalue weighted by Gasteiger charge is -2.12. The number of aliphatic hydroxyl groups is 1. The van der Waals surface area contributed by atoms with Gasteiger partial charge in [-0.25, -0.2) is 13.6 Å². The first-order chi connectivity index (χ1) is 7.84. The Balaban J connectivity index is 3.24. The van der Waals surface area contributed by atoms with Gasteiger partial charge >= 0.3 is 12.6 Å². The minimum Gasteiger partial charge on any atom is -0.479 e. The number of aliphatic carboxylic acids is 1. The van der Waals surface area contributed by atoms with Crippen LogP contribution in [0.5, 0.6) is 5.75 Å². The first-order valence-electron chi connectivity index (χ1n) is 4.18. The molecular formula is C9H6F4O4. The Hall–Kier alpha value is -1.83. The van der Waals surface area contributed by atoms with Gasteiger partial charge in [-0.2, -0.15) is 8.78 Å². The zero-order chi connectivity index (χ0) is 13.2. The molecular weight excluding hydrogens is 248 g/mol. The van der Waals surface area contributed by atoms with Crippen molar-refractivity contribution in [3.63, 3.8) is 0 Å². The van der Waals surface area contributed by atoms with Crippen molar-refractivity contribution in [3.8, 4) is 5.75 Å². The van der Waals surface area contributed by atoms with Gasteiger partial charge in [0.1, 0.15) is 5.82 Å². The Morgan fingerprint density at radius 1 is 1.29 bits per heavy atom. The van der Waals surface area contributed by atoms with E-state index in [1.807, 2.05) is 0 Å². The van der Waals surface area contributed by atoms with Crippen LogP contribution in [0.1, 0.15) is 11.7 Å². The van der Waals surface area contributed by atoms with Crippen molar-refractivity contribution in [1.82, 2.24) is 0 Å². The summed E-state index contributed by atoms with van der Waals surface area (Å²) in [5, 5.41) is 17.4. The second-order valence-corrected chi connectivity index (χ2v) is 2.89. The average molecular weight is 254 g/mol. The zero-order valence-electron chi connectivity index (χ0n) is 8.03. The molecule has 0 saturated heterocycles. The van der Waals surface area contributed by atoms with Crippen LogP contribution in [0.15, 0.2) is 12.1 Å². The summed E-state index contributed by atoms with van der Waals surface area (Å²) in [6.45, 7) is -3.36. The molecule has 1 aromatic rings. The highest BCUT2D eigenvalue weighted by Gasteiger charge is 2.27. The van der Waals surface area contributed by atoms with E-state index in [4.69, 9.17) is 10.2 Å². The number of carbonyl (C=O) groups is 1. The maximum absolute atomic E-state index is 13.4. The number of rotatable bonds is 4. The van der Waals surface area contributed by atoms with Gasteiger partial charge in [-0.1, -0.05) is 0 Å². The largest absolute Gasteiger partial charge is 0.479 e. The summed E-state index contributed by atoms with van der Waals surface area (Å²) in [7, 11) is 0. The molecule has 0 radical (unpaired) electrons. The molecule has 0 aliphatic heterocycles. The SMILES string of the molecule is O=C(O)C(O)c1c(F)ccc(OC(F)F)c1F. The summed E-state index contributed by atoms with van der Waals surface area (Å²) in [5.74, 6) is -6.02. The fraction of sp³-hybridized carbons (Fsp3) is 0.222. The van der Waals surface area contributed by atoms with E-state index in [-0.39, 0.29) is 0 Å². The molecule has 0 spiro atoms. The average Bonchev–Trinajstić information content (AvgIpc) is 2.21. The minimum atomic E-state index is -3.36. The van der Waals surface area contributed by atoms with Crippen molar-refractivity contribution < 1.29 is 37.3 Å². The van der Waals surface area contributed by atoms with E-state index < -0.39 is 41.6 Å². The normalized spacial score (nSPS) is 12.6. The Kier molecular flexibility index (Phi) is 3.89. The van der Waals surface area contributed by atoms with Crippen molar-refractivity contribution in [1.29, 1.82) is 0 Å². The van der Waals surface area contributed by atoms with Gasteiger partial charge in [-0.15, -0.1) is 0 Å². The summed E-state index contributed by atoms with van der Waals surface area (Å²) in [6, 6.07) is 1.08. The van der Waals surface area contributed by atoms with Crippen molar-refractivity contribution in [2.45, 2.75) is 12.7 Å². The van der Waals surface area contributed by atoms with E-state index in [0.717, 1.165) is 0 Å². The number of benzene rings is 1. The van der Waals surface area contributed by atoms with E-state index in [2.05, 4.69) is 4.74 Å². The summed E-state index contributed by atoms with van der Waals surface area (Å²) in [5.41, 5.74) is -1.25. The third-order valence-corrected chi connectivity index (χ3v) is 1.81. The molecule has 17 heavy (non-hydrogen) atoms. The molecule has 0 fully saturated rings. The van der Waals surface area contributed by atoms with E-state index in [1.165, 1.54) is 0 Å². The van der Waals surface area contributed by atoms with Crippen LogP contribution >= 0.6 is 0 Å². The fourth-order valence-corrected chi connectivity index (χ4v) is 1.11. The zero-order valence-corrected chi connectivity index (χ0v) is 8.03. The topological polar surface area (TPSA) is 66.8 Å². The molecule has 0 amide bonds. The van der Waals surface area contributed by atoms with E-state index in [1.54, 1.807) is 0 Å². The van der Waals surface area contributed by atoms with Crippen LogP contribution in [0.3, 0.4) is 0 Å². The molecule has 94 valence electrons. The lowest BCUT2D eigenvalue weighted by molar-refractivity contribution is -0.147. The predicted molar refractivity (Wildman–Crippen MR) is 45.6 cm³/mol. The highest BCUT2D eigenvalue weighted by molar-refractivity contribution is 5.74. The molecule has 8 heteroatoms. The first-order valence-corrected chi connectivity index (χ1v) is 4.18. The van der Waals surface area contributed by atoms with Crippen LogP contribution < -0.4 is 4.74 Å². The molecule has 0 heterocycles. The smallest absolute Gasteiger partial charge is 0.387 e. The minimum absolute atomic E-state index is 0.516. The molecule has 4 nitrogen and oxygen atoms in total. The Morgan fingerprint density at radius 3 is 2.35 bits per heavy atom. The fourth-order valence-electron chi connectivity index (χ4n) is 1.11. The number of hydrogen-bond acceptors (Lipinski definition) is 3. The molecule has 0 aliphatic carbocycles. The maximum atomic E-state index is 13.4. The van der Waals surface area contributed by atoms with Gasteiger partial charge in [0, 0.05) is 0 Å². The van der Waals surface area contributed by atoms with Crippen molar-refractivity contribution in [3.05, 3.63) is 29.3 Å². The van der Waals surface area contributed by atoms with Crippen LogP contribution in [-0.2, 0) is 4.79 Å². The van der Waals surface area contributed by atoms with E-state index >= 15 is 0 Å². The molecule has 0 saturated carbocycles. The molecule has 0 aromatic heterocycles. The number of carboxylic acid groups (broad SMARTS) is 1. The molecule has 1 aromatic carbocycles. The van der Waals surface area contributed by atoms with Crippen molar-refractivity contribution >= 4 is 5.97 Å². The van der Waals surface area contributed by atoms with E-state index in [0.29, 0.717) is 12.1 Å². The number of ether oxygens (including phenoxy) is 1. The van der Waals surface area contributed by atoms with Crippen LogP contribution in [0.25, 0.3) is 0 Å². The van der Waals surface area contributed by atoms with Crippen LogP contribution in [0, 0.1) is 11.6 Å². The quantitative estimate of drug-likeness (QED) is 0.802. The predicted octanol–water partition coefficient (Wildman–Crippen LogP) is 1.68. The van der Waals surface area contributed by atoms with Gasteiger partial charge in [0.25, 0.3) is 0 Å². The summed E-state index contributed by atoms with van der Waals surface area (Å²) in [6.07, 6.45) is -2.50. The van der Waals surface area contributed by atoms with Gasteiger partial charge in [0.05, 0.1) is 5.56 Å². The molecule has 1 unspecified atom stereocenters. The van der Waals surface area contributed by atoms with Crippen LogP contribution in [-0.4, -0.2) is 22.8 Å². The number of hydrogen-bond donors (Lipinski definition) is 2.